The molecule has 3 rings (SSSR count). The molecule has 9 heteroatoms. The molecule has 2 aliphatic heterocycles. The number of carbonyl (C=O) groups excluding carboxylic acids is 1. The van der Waals surface area contributed by atoms with Gasteiger partial charge < -0.3 is 10.6 Å². The summed E-state index contributed by atoms with van der Waals surface area (Å²) in [4.78, 5) is 15.0. The molecule has 0 aliphatic carbocycles. The predicted octanol–water partition coefficient (Wildman–Crippen LogP) is 3.43. The Labute approximate surface area is 163 Å². The van der Waals surface area contributed by atoms with Crippen LogP contribution in [0.4, 0.5) is 19.0 Å². The molecule has 0 bridgehead atoms. The van der Waals surface area contributed by atoms with E-state index in [9.17, 15) is 18.0 Å². The molecule has 1 aromatic rings. The second kappa shape index (κ2) is 8.31. The third kappa shape index (κ3) is 4.45. The van der Waals surface area contributed by atoms with Crippen molar-refractivity contribution in [2.75, 3.05) is 25.0 Å². The number of hydrogen-bond donors (Lipinski definition) is 2. The van der Waals surface area contributed by atoms with Crippen LogP contribution in [0.25, 0.3) is 0 Å². The summed E-state index contributed by atoms with van der Waals surface area (Å²) >= 11 is 0. The first-order valence-corrected chi connectivity index (χ1v) is 10.1. The average Bonchev–Trinajstić information content (AvgIpc) is 3.08. The number of likely N-dealkylation sites (tertiary alicyclic amines) is 1. The lowest BCUT2D eigenvalue weighted by Gasteiger charge is -2.35. The number of fused-ring (bicyclic) bond motifs is 1. The third-order valence-corrected chi connectivity index (χ3v) is 6.05. The number of hydrogen-bond acceptors (Lipinski definition) is 4. The molecule has 1 saturated heterocycles. The molecule has 3 heterocycles. The van der Waals surface area contributed by atoms with Gasteiger partial charge in [0.15, 0.2) is 6.04 Å². The van der Waals surface area contributed by atoms with Gasteiger partial charge in [-0.3, -0.25) is 9.69 Å². The van der Waals surface area contributed by atoms with Crippen molar-refractivity contribution in [3.8, 4) is 0 Å². The zero-order valence-electron chi connectivity index (χ0n) is 16.7. The Kier molecular flexibility index (Phi) is 6.21. The van der Waals surface area contributed by atoms with Gasteiger partial charge in [-0.15, -0.1) is 0 Å². The Morgan fingerprint density at radius 3 is 2.68 bits per heavy atom. The molecule has 0 spiro atoms. The van der Waals surface area contributed by atoms with Gasteiger partial charge in [-0.25, -0.2) is 4.68 Å². The van der Waals surface area contributed by atoms with Crippen molar-refractivity contribution < 1.29 is 18.0 Å². The lowest BCUT2D eigenvalue weighted by molar-refractivity contribution is -0.173. The Morgan fingerprint density at radius 1 is 1.39 bits per heavy atom. The SMILES string of the molecule is CC[C@H]1C[C@@H](C(F)(F)F)n2ncc(C(=O)NCC(C)N3CCC(C)CC3)c2N1. The highest BCUT2D eigenvalue weighted by molar-refractivity contribution is 5.98. The van der Waals surface area contributed by atoms with E-state index in [1.165, 1.54) is 6.20 Å². The minimum Gasteiger partial charge on any atom is -0.367 e. The summed E-state index contributed by atoms with van der Waals surface area (Å²) < 4.78 is 41.2. The molecule has 1 aromatic heterocycles. The first kappa shape index (κ1) is 21.0. The number of aromatic nitrogens is 2. The van der Waals surface area contributed by atoms with Gasteiger partial charge in [-0.1, -0.05) is 13.8 Å². The van der Waals surface area contributed by atoms with Gasteiger partial charge in [-0.05, 0) is 51.6 Å². The summed E-state index contributed by atoms with van der Waals surface area (Å²) in [7, 11) is 0. The van der Waals surface area contributed by atoms with E-state index in [2.05, 4.69) is 34.5 Å². The molecular weight excluding hydrogens is 371 g/mol. The van der Waals surface area contributed by atoms with Gasteiger partial charge in [0.2, 0.25) is 0 Å². The number of piperidine rings is 1. The largest absolute Gasteiger partial charge is 0.410 e. The Balaban J connectivity index is 1.67. The average molecular weight is 401 g/mol. The van der Waals surface area contributed by atoms with Crippen LogP contribution in [0.3, 0.4) is 0 Å². The van der Waals surface area contributed by atoms with Crippen LogP contribution in [-0.4, -0.2) is 58.5 Å². The van der Waals surface area contributed by atoms with Crippen molar-refractivity contribution in [3.05, 3.63) is 11.8 Å². The molecule has 1 amide bonds. The number of amides is 1. The Bertz CT molecular complexity index is 682. The number of nitrogens with zero attached hydrogens (tertiary/aromatic N) is 3. The fourth-order valence-electron chi connectivity index (χ4n) is 4.01. The van der Waals surface area contributed by atoms with Crippen LogP contribution in [-0.2, 0) is 0 Å². The summed E-state index contributed by atoms with van der Waals surface area (Å²) in [6.07, 6.45) is -0.401. The molecule has 2 N–H and O–H groups in total. The summed E-state index contributed by atoms with van der Waals surface area (Å²) in [5.41, 5.74) is 0.173. The monoisotopic (exact) mass is 401 g/mol. The second-order valence-corrected chi connectivity index (χ2v) is 8.17. The molecule has 0 radical (unpaired) electrons. The predicted molar refractivity (Wildman–Crippen MR) is 101 cm³/mol. The number of anilines is 1. The van der Waals surface area contributed by atoms with Crippen LogP contribution in [0, 0.1) is 5.92 Å². The van der Waals surface area contributed by atoms with Gasteiger partial charge in [0, 0.05) is 18.6 Å². The van der Waals surface area contributed by atoms with Crippen LogP contribution in [0.2, 0.25) is 0 Å². The van der Waals surface area contributed by atoms with Crippen molar-refractivity contribution in [2.24, 2.45) is 5.92 Å². The molecule has 0 saturated carbocycles. The Morgan fingerprint density at radius 2 is 2.07 bits per heavy atom. The summed E-state index contributed by atoms with van der Waals surface area (Å²) in [6, 6.07) is -1.86. The highest BCUT2D eigenvalue weighted by Crippen LogP contribution is 2.40. The van der Waals surface area contributed by atoms with E-state index >= 15 is 0 Å². The van der Waals surface area contributed by atoms with Gasteiger partial charge in [0.1, 0.15) is 11.4 Å². The maximum Gasteiger partial charge on any atom is 0.410 e. The maximum absolute atomic E-state index is 13.4. The van der Waals surface area contributed by atoms with Crippen LogP contribution < -0.4 is 10.6 Å². The van der Waals surface area contributed by atoms with Crippen molar-refractivity contribution >= 4 is 11.7 Å². The van der Waals surface area contributed by atoms with Crippen LogP contribution in [0.15, 0.2) is 6.20 Å². The first-order chi connectivity index (χ1) is 13.2. The van der Waals surface area contributed by atoms with Gasteiger partial charge in [0.25, 0.3) is 5.91 Å². The third-order valence-electron chi connectivity index (χ3n) is 6.05. The van der Waals surface area contributed by atoms with Gasteiger partial charge in [0.05, 0.1) is 6.20 Å². The number of rotatable bonds is 5. The highest BCUT2D eigenvalue weighted by Gasteiger charge is 2.46. The lowest BCUT2D eigenvalue weighted by Crippen LogP contribution is -2.45. The molecular formula is C19H30F3N5O. The van der Waals surface area contributed by atoms with Crippen LogP contribution in [0.5, 0.6) is 0 Å². The summed E-state index contributed by atoms with van der Waals surface area (Å²) in [6.45, 7) is 8.62. The molecule has 28 heavy (non-hydrogen) atoms. The minimum atomic E-state index is -4.40. The smallest absolute Gasteiger partial charge is 0.367 e. The normalized spacial score (nSPS) is 25.1. The summed E-state index contributed by atoms with van der Waals surface area (Å²) in [5.74, 6) is 0.511. The molecule has 1 fully saturated rings. The number of halogens is 3. The van der Waals surface area contributed by atoms with E-state index in [1.54, 1.807) is 0 Å². The number of nitrogens with one attached hydrogen (secondary N) is 2. The molecule has 2 aliphatic rings. The van der Waals surface area contributed by atoms with Gasteiger partial charge >= 0.3 is 6.18 Å². The minimum absolute atomic E-state index is 0.0832. The van der Waals surface area contributed by atoms with E-state index in [0.29, 0.717) is 13.0 Å². The molecule has 1 unspecified atom stereocenters. The fourth-order valence-corrected chi connectivity index (χ4v) is 4.01. The fraction of sp³-hybridized carbons (Fsp3) is 0.789. The molecule has 158 valence electrons. The molecule has 0 aromatic carbocycles. The quantitative estimate of drug-likeness (QED) is 0.794. The van der Waals surface area contributed by atoms with Crippen LogP contribution >= 0.6 is 0 Å². The van der Waals surface area contributed by atoms with E-state index < -0.39 is 12.2 Å². The second-order valence-electron chi connectivity index (χ2n) is 8.17. The lowest BCUT2D eigenvalue weighted by atomic mass is 9.98. The van der Waals surface area contributed by atoms with E-state index in [0.717, 1.165) is 36.5 Å². The van der Waals surface area contributed by atoms with Crippen molar-refractivity contribution in [3.63, 3.8) is 0 Å². The summed E-state index contributed by atoms with van der Waals surface area (Å²) in [5, 5.41) is 9.82. The standard InChI is InChI=1S/C19H30F3N5O/c1-4-14-9-16(19(20,21)22)27-17(25-14)15(11-24-27)18(28)23-10-13(3)26-7-5-12(2)6-8-26/h11-14,16,25H,4-10H2,1-3H3,(H,23,28)/t13?,14-,16-/m0/s1. The zero-order chi connectivity index (χ0) is 20.5. The van der Waals surface area contributed by atoms with Crippen molar-refractivity contribution in [2.45, 2.75) is 70.8 Å². The maximum atomic E-state index is 13.4. The molecule has 3 atom stereocenters. The highest BCUT2D eigenvalue weighted by atomic mass is 19.4. The van der Waals surface area contributed by atoms with Crippen molar-refractivity contribution in [1.82, 2.24) is 20.0 Å². The van der Waals surface area contributed by atoms with E-state index in [1.807, 2.05) is 6.92 Å². The van der Waals surface area contributed by atoms with E-state index in [4.69, 9.17) is 0 Å². The van der Waals surface area contributed by atoms with Crippen LogP contribution in [0.1, 0.15) is 62.9 Å². The van der Waals surface area contributed by atoms with Gasteiger partial charge in [-0.2, -0.15) is 18.3 Å². The van der Waals surface area contributed by atoms with Crippen molar-refractivity contribution in [1.29, 1.82) is 0 Å². The first-order valence-electron chi connectivity index (χ1n) is 10.1. The molecule has 6 nitrogen and oxygen atoms in total. The number of alkyl halides is 3. The number of carbonyl (C=O) groups is 1. The zero-order valence-corrected chi connectivity index (χ0v) is 16.7. The topological polar surface area (TPSA) is 62.2 Å². The van der Waals surface area contributed by atoms with E-state index in [-0.39, 0.29) is 35.8 Å². The Hall–Kier alpha value is -1.77.